The van der Waals surface area contributed by atoms with E-state index in [2.05, 4.69) is 15.5 Å². The lowest BCUT2D eigenvalue weighted by molar-refractivity contribution is -0.123. The SMILES string of the molecule is O=C(COc1ccc(-c2nc(-c3ccccc3)no2)cc1)NC[C@@H]1CCCO1. The number of carbonyl (C=O) groups is 1. The molecule has 0 spiro atoms. The van der Waals surface area contributed by atoms with Gasteiger partial charge in [0.1, 0.15) is 5.75 Å². The fourth-order valence-corrected chi connectivity index (χ4v) is 2.97. The second-order valence-electron chi connectivity index (χ2n) is 6.54. The molecule has 1 atom stereocenters. The molecular formula is C21H21N3O4. The Hall–Kier alpha value is -3.19. The lowest BCUT2D eigenvalue weighted by Crippen LogP contribution is -2.35. The Morgan fingerprint density at radius 1 is 1.11 bits per heavy atom. The Balaban J connectivity index is 1.30. The van der Waals surface area contributed by atoms with E-state index in [0.717, 1.165) is 30.6 Å². The van der Waals surface area contributed by atoms with E-state index in [9.17, 15) is 4.79 Å². The molecule has 7 heteroatoms. The van der Waals surface area contributed by atoms with Gasteiger partial charge < -0.3 is 19.3 Å². The molecule has 4 rings (SSSR count). The Morgan fingerprint density at radius 3 is 2.68 bits per heavy atom. The molecule has 3 aromatic rings. The zero-order chi connectivity index (χ0) is 19.2. The van der Waals surface area contributed by atoms with Crippen molar-refractivity contribution in [1.29, 1.82) is 0 Å². The summed E-state index contributed by atoms with van der Waals surface area (Å²) in [6.45, 7) is 1.27. The van der Waals surface area contributed by atoms with E-state index in [1.54, 1.807) is 12.1 Å². The number of aromatic nitrogens is 2. The van der Waals surface area contributed by atoms with Crippen molar-refractivity contribution < 1.29 is 18.8 Å². The predicted octanol–water partition coefficient (Wildman–Crippen LogP) is 3.08. The van der Waals surface area contributed by atoms with Crippen LogP contribution in [0.3, 0.4) is 0 Å². The van der Waals surface area contributed by atoms with Crippen LogP contribution in [-0.2, 0) is 9.53 Å². The van der Waals surface area contributed by atoms with Crippen LogP contribution in [0.25, 0.3) is 22.8 Å². The maximum Gasteiger partial charge on any atom is 0.258 e. The molecule has 7 nitrogen and oxygen atoms in total. The number of amides is 1. The topological polar surface area (TPSA) is 86.5 Å². The standard InChI is InChI=1S/C21H21N3O4/c25-19(22-13-18-7-4-12-26-18)14-27-17-10-8-16(9-11-17)21-23-20(24-28-21)15-5-2-1-3-6-15/h1-3,5-6,8-11,18H,4,7,12-14H2,(H,22,25)/t18-/m0/s1. The molecule has 0 bridgehead atoms. The van der Waals surface area contributed by atoms with E-state index in [1.807, 2.05) is 42.5 Å². The summed E-state index contributed by atoms with van der Waals surface area (Å²) in [7, 11) is 0. The predicted molar refractivity (Wildman–Crippen MR) is 103 cm³/mol. The first-order valence-electron chi connectivity index (χ1n) is 9.28. The molecule has 1 aliphatic rings. The number of carbonyl (C=O) groups excluding carboxylic acids is 1. The van der Waals surface area contributed by atoms with Crippen molar-refractivity contribution in [3.8, 4) is 28.6 Å². The number of benzene rings is 2. The fraction of sp³-hybridized carbons (Fsp3) is 0.286. The van der Waals surface area contributed by atoms with Gasteiger partial charge in [0.05, 0.1) is 6.10 Å². The molecule has 28 heavy (non-hydrogen) atoms. The van der Waals surface area contributed by atoms with Crippen LogP contribution in [0.15, 0.2) is 59.1 Å². The minimum Gasteiger partial charge on any atom is -0.484 e. The van der Waals surface area contributed by atoms with Crippen LogP contribution in [0.5, 0.6) is 5.75 Å². The van der Waals surface area contributed by atoms with Crippen LogP contribution < -0.4 is 10.1 Å². The van der Waals surface area contributed by atoms with Gasteiger partial charge in [-0.1, -0.05) is 35.5 Å². The average Bonchev–Trinajstić information content (AvgIpc) is 3.44. The van der Waals surface area contributed by atoms with Gasteiger partial charge in [0, 0.05) is 24.3 Å². The van der Waals surface area contributed by atoms with E-state index in [-0.39, 0.29) is 18.6 Å². The Labute approximate surface area is 162 Å². The molecule has 2 aromatic carbocycles. The lowest BCUT2D eigenvalue weighted by Gasteiger charge is -2.11. The molecular weight excluding hydrogens is 358 g/mol. The zero-order valence-corrected chi connectivity index (χ0v) is 15.3. The summed E-state index contributed by atoms with van der Waals surface area (Å²) < 4.78 is 16.4. The minimum absolute atomic E-state index is 0.0369. The fourth-order valence-electron chi connectivity index (χ4n) is 2.97. The van der Waals surface area contributed by atoms with Gasteiger partial charge >= 0.3 is 0 Å². The first kappa shape index (κ1) is 18.2. The minimum atomic E-state index is -0.163. The maximum absolute atomic E-state index is 11.9. The Morgan fingerprint density at radius 2 is 1.93 bits per heavy atom. The van der Waals surface area contributed by atoms with Gasteiger partial charge in [-0.25, -0.2) is 0 Å². The highest BCUT2D eigenvalue weighted by atomic mass is 16.5. The lowest BCUT2D eigenvalue weighted by atomic mass is 10.2. The highest BCUT2D eigenvalue weighted by molar-refractivity contribution is 5.77. The van der Waals surface area contributed by atoms with Gasteiger partial charge in [0.25, 0.3) is 11.8 Å². The van der Waals surface area contributed by atoms with Crippen molar-refractivity contribution >= 4 is 5.91 Å². The van der Waals surface area contributed by atoms with Crippen molar-refractivity contribution in [1.82, 2.24) is 15.5 Å². The molecule has 1 fully saturated rings. The van der Waals surface area contributed by atoms with Crippen molar-refractivity contribution in [2.45, 2.75) is 18.9 Å². The van der Waals surface area contributed by atoms with Crippen LogP contribution in [0.1, 0.15) is 12.8 Å². The molecule has 0 saturated carbocycles. The zero-order valence-electron chi connectivity index (χ0n) is 15.3. The molecule has 1 saturated heterocycles. The number of nitrogens with zero attached hydrogens (tertiary/aromatic N) is 2. The number of hydrogen-bond acceptors (Lipinski definition) is 6. The quantitative estimate of drug-likeness (QED) is 0.679. The molecule has 144 valence electrons. The normalized spacial score (nSPS) is 16.1. The summed E-state index contributed by atoms with van der Waals surface area (Å²) in [5.41, 5.74) is 1.68. The second kappa shape index (κ2) is 8.67. The Bertz CT molecular complexity index is 903. The van der Waals surface area contributed by atoms with Crippen LogP contribution in [0.4, 0.5) is 0 Å². The first-order chi connectivity index (χ1) is 13.8. The van der Waals surface area contributed by atoms with Gasteiger partial charge in [-0.3, -0.25) is 4.79 Å². The number of nitrogens with one attached hydrogen (secondary N) is 1. The molecule has 0 aliphatic carbocycles. The van der Waals surface area contributed by atoms with Gasteiger partial charge in [0.2, 0.25) is 5.82 Å². The van der Waals surface area contributed by atoms with Crippen LogP contribution >= 0.6 is 0 Å². The largest absolute Gasteiger partial charge is 0.484 e. The molecule has 0 radical (unpaired) electrons. The summed E-state index contributed by atoms with van der Waals surface area (Å²) in [5, 5.41) is 6.85. The van der Waals surface area contributed by atoms with Crippen molar-refractivity contribution in [2.24, 2.45) is 0 Å². The van der Waals surface area contributed by atoms with E-state index >= 15 is 0 Å². The van der Waals surface area contributed by atoms with E-state index in [4.69, 9.17) is 14.0 Å². The third-order valence-corrected chi connectivity index (χ3v) is 4.48. The molecule has 1 aromatic heterocycles. The smallest absolute Gasteiger partial charge is 0.258 e. The van der Waals surface area contributed by atoms with E-state index in [0.29, 0.717) is 24.0 Å². The Kier molecular flexibility index (Phi) is 5.63. The highest BCUT2D eigenvalue weighted by Gasteiger charge is 2.16. The first-order valence-corrected chi connectivity index (χ1v) is 9.28. The van der Waals surface area contributed by atoms with Crippen LogP contribution in [-0.4, -0.2) is 41.9 Å². The molecule has 1 N–H and O–H groups in total. The van der Waals surface area contributed by atoms with Gasteiger partial charge in [-0.15, -0.1) is 0 Å². The van der Waals surface area contributed by atoms with Gasteiger partial charge in [0.15, 0.2) is 6.61 Å². The highest BCUT2D eigenvalue weighted by Crippen LogP contribution is 2.24. The number of hydrogen-bond donors (Lipinski definition) is 1. The number of rotatable bonds is 7. The summed E-state index contributed by atoms with van der Waals surface area (Å²) in [5.74, 6) is 1.40. The van der Waals surface area contributed by atoms with Crippen molar-refractivity contribution in [3.05, 3.63) is 54.6 Å². The second-order valence-corrected chi connectivity index (χ2v) is 6.54. The monoisotopic (exact) mass is 379 g/mol. The summed E-state index contributed by atoms with van der Waals surface area (Å²) in [4.78, 5) is 16.3. The van der Waals surface area contributed by atoms with Crippen molar-refractivity contribution in [2.75, 3.05) is 19.8 Å². The average molecular weight is 379 g/mol. The third-order valence-electron chi connectivity index (χ3n) is 4.48. The summed E-state index contributed by atoms with van der Waals surface area (Å²) in [6.07, 6.45) is 2.17. The van der Waals surface area contributed by atoms with Crippen LogP contribution in [0, 0.1) is 0 Å². The third kappa shape index (κ3) is 4.55. The molecule has 0 unspecified atom stereocenters. The number of ether oxygens (including phenoxy) is 2. The van der Waals surface area contributed by atoms with E-state index < -0.39 is 0 Å². The molecule has 2 heterocycles. The van der Waals surface area contributed by atoms with Gasteiger partial charge in [-0.2, -0.15) is 4.98 Å². The van der Waals surface area contributed by atoms with E-state index in [1.165, 1.54) is 0 Å². The summed E-state index contributed by atoms with van der Waals surface area (Å²) in [6, 6.07) is 16.8. The maximum atomic E-state index is 11.9. The molecule has 1 amide bonds. The van der Waals surface area contributed by atoms with Crippen LogP contribution in [0.2, 0.25) is 0 Å². The van der Waals surface area contributed by atoms with Gasteiger partial charge in [-0.05, 0) is 37.1 Å². The van der Waals surface area contributed by atoms with Crippen molar-refractivity contribution in [3.63, 3.8) is 0 Å². The molecule has 1 aliphatic heterocycles. The summed E-state index contributed by atoms with van der Waals surface area (Å²) >= 11 is 0.